The Bertz CT molecular complexity index is 169. The van der Waals surface area contributed by atoms with Gasteiger partial charge in [-0.05, 0) is 25.7 Å². The van der Waals surface area contributed by atoms with Crippen molar-refractivity contribution in [1.82, 2.24) is 0 Å². The lowest BCUT2D eigenvalue weighted by molar-refractivity contribution is -0.177. The molecular formula is C13H24O2. The second-order valence-corrected chi connectivity index (χ2v) is 5.18. The molecule has 0 saturated heterocycles. The van der Waals surface area contributed by atoms with Crippen molar-refractivity contribution in [3.63, 3.8) is 0 Å². The molecule has 0 bridgehead atoms. The van der Waals surface area contributed by atoms with Crippen LogP contribution in [0.2, 0.25) is 0 Å². The summed E-state index contributed by atoms with van der Waals surface area (Å²) in [5, 5.41) is 10.0. The minimum Gasteiger partial charge on any atom is -0.368 e. The minimum absolute atomic E-state index is 0.343. The van der Waals surface area contributed by atoms with Gasteiger partial charge in [0, 0.05) is 5.92 Å². The zero-order valence-corrected chi connectivity index (χ0v) is 9.66. The van der Waals surface area contributed by atoms with Crippen molar-refractivity contribution in [3.8, 4) is 0 Å². The van der Waals surface area contributed by atoms with E-state index in [-0.39, 0.29) is 0 Å². The highest BCUT2D eigenvalue weighted by atomic mass is 16.6. The Morgan fingerprint density at radius 3 is 1.93 bits per heavy atom. The molecule has 2 aliphatic rings. The average Bonchev–Trinajstić information content (AvgIpc) is 2.31. The molecule has 0 amide bonds. The molecule has 0 spiro atoms. The van der Waals surface area contributed by atoms with Gasteiger partial charge < -0.3 is 9.84 Å². The van der Waals surface area contributed by atoms with Crippen LogP contribution in [0.5, 0.6) is 0 Å². The number of rotatable bonds is 3. The average molecular weight is 212 g/mol. The Morgan fingerprint density at radius 1 is 0.800 bits per heavy atom. The molecule has 15 heavy (non-hydrogen) atoms. The summed E-state index contributed by atoms with van der Waals surface area (Å²) in [4.78, 5) is 0. The molecule has 0 radical (unpaired) electrons. The zero-order chi connectivity index (χ0) is 10.5. The number of ether oxygens (including phenoxy) is 1. The lowest BCUT2D eigenvalue weighted by atomic mass is 9.88. The number of aliphatic hydroxyl groups excluding tert-OH is 1. The van der Waals surface area contributed by atoms with Crippen LogP contribution in [-0.2, 0) is 4.74 Å². The maximum atomic E-state index is 10.0. The van der Waals surface area contributed by atoms with Gasteiger partial charge in [0.1, 0.15) is 0 Å². The molecule has 2 heteroatoms. The SMILES string of the molecule is OC(OC1CCCCC1)C1CCCCC1. The maximum absolute atomic E-state index is 10.0. The van der Waals surface area contributed by atoms with E-state index < -0.39 is 6.29 Å². The molecular weight excluding hydrogens is 188 g/mol. The summed E-state index contributed by atoms with van der Waals surface area (Å²) in [6.07, 6.45) is 12.3. The molecule has 0 aromatic rings. The highest BCUT2D eigenvalue weighted by Gasteiger charge is 2.25. The summed E-state index contributed by atoms with van der Waals surface area (Å²) in [5.74, 6) is 0.417. The minimum atomic E-state index is -0.478. The van der Waals surface area contributed by atoms with E-state index in [9.17, 15) is 5.11 Å². The quantitative estimate of drug-likeness (QED) is 0.728. The van der Waals surface area contributed by atoms with Crippen molar-refractivity contribution in [2.24, 2.45) is 5.92 Å². The summed E-state index contributed by atoms with van der Waals surface area (Å²) in [6.45, 7) is 0. The molecule has 2 saturated carbocycles. The van der Waals surface area contributed by atoms with Crippen LogP contribution in [0.3, 0.4) is 0 Å². The lowest BCUT2D eigenvalue weighted by Gasteiger charge is -2.31. The topological polar surface area (TPSA) is 29.5 Å². The molecule has 0 aliphatic heterocycles. The van der Waals surface area contributed by atoms with E-state index in [2.05, 4.69) is 0 Å². The van der Waals surface area contributed by atoms with E-state index in [0.717, 1.165) is 25.7 Å². The second kappa shape index (κ2) is 5.86. The maximum Gasteiger partial charge on any atom is 0.157 e. The summed E-state index contributed by atoms with van der Waals surface area (Å²) in [5.41, 5.74) is 0. The second-order valence-electron chi connectivity index (χ2n) is 5.18. The normalized spacial score (nSPS) is 27.8. The fourth-order valence-corrected chi connectivity index (χ4v) is 2.93. The Labute approximate surface area is 93.0 Å². The van der Waals surface area contributed by atoms with Gasteiger partial charge in [-0.15, -0.1) is 0 Å². The van der Waals surface area contributed by atoms with Crippen molar-refractivity contribution < 1.29 is 9.84 Å². The van der Waals surface area contributed by atoms with Crippen LogP contribution >= 0.6 is 0 Å². The van der Waals surface area contributed by atoms with E-state index in [1.165, 1.54) is 38.5 Å². The molecule has 2 aliphatic carbocycles. The number of hydrogen-bond acceptors (Lipinski definition) is 2. The van der Waals surface area contributed by atoms with E-state index in [1.807, 2.05) is 0 Å². The van der Waals surface area contributed by atoms with E-state index in [4.69, 9.17) is 4.74 Å². The predicted molar refractivity (Wildman–Crippen MR) is 60.5 cm³/mol. The number of hydrogen-bond donors (Lipinski definition) is 1. The molecule has 0 heterocycles. The van der Waals surface area contributed by atoms with Crippen molar-refractivity contribution in [2.45, 2.75) is 76.6 Å². The van der Waals surface area contributed by atoms with Crippen molar-refractivity contribution in [3.05, 3.63) is 0 Å². The molecule has 0 aromatic carbocycles. The molecule has 2 rings (SSSR count). The van der Waals surface area contributed by atoms with Crippen molar-refractivity contribution >= 4 is 0 Å². The van der Waals surface area contributed by atoms with Crippen LogP contribution in [0, 0.1) is 5.92 Å². The summed E-state index contributed by atoms with van der Waals surface area (Å²) >= 11 is 0. The van der Waals surface area contributed by atoms with Crippen LogP contribution in [-0.4, -0.2) is 17.5 Å². The first-order valence-electron chi connectivity index (χ1n) is 6.70. The van der Waals surface area contributed by atoms with Crippen molar-refractivity contribution in [1.29, 1.82) is 0 Å². The van der Waals surface area contributed by atoms with Gasteiger partial charge in [-0.25, -0.2) is 0 Å². The monoisotopic (exact) mass is 212 g/mol. The fourth-order valence-electron chi connectivity index (χ4n) is 2.93. The highest BCUT2D eigenvalue weighted by molar-refractivity contribution is 4.71. The predicted octanol–water partition coefficient (Wildman–Crippen LogP) is 3.23. The first kappa shape index (κ1) is 11.4. The first-order valence-corrected chi connectivity index (χ1v) is 6.70. The van der Waals surface area contributed by atoms with Crippen molar-refractivity contribution in [2.75, 3.05) is 0 Å². The Balaban J connectivity index is 1.72. The molecule has 88 valence electrons. The lowest BCUT2D eigenvalue weighted by Crippen LogP contribution is -2.31. The molecule has 1 N–H and O–H groups in total. The third kappa shape index (κ3) is 3.46. The van der Waals surface area contributed by atoms with Gasteiger partial charge >= 0.3 is 0 Å². The first-order chi connectivity index (χ1) is 7.36. The van der Waals surface area contributed by atoms with Crippen LogP contribution < -0.4 is 0 Å². The summed E-state index contributed by atoms with van der Waals surface area (Å²) in [7, 11) is 0. The molecule has 2 fully saturated rings. The van der Waals surface area contributed by atoms with Crippen LogP contribution in [0.1, 0.15) is 64.2 Å². The number of aliphatic hydroxyl groups is 1. The third-order valence-electron chi connectivity index (χ3n) is 3.94. The van der Waals surface area contributed by atoms with E-state index in [1.54, 1.807) is 0 Å². The van der Waals surface area contributed by atoms with E-state index >= 15 is 0 Å². The molecule has 0 aromatic heterocycles. The summed E-state index contributed by atoms with van der Waals surface area (Å²) < 4.78 is 5.79. The molecule has 1 atom stereocenters. The smallest absolute Gasteiger partial charge is 0.157 e. The van der Waals surface area contributed by atoms with Crippen LogP contribution in [0.25, 0.3) is 0 Å². The van der Waals surface area contributed by atoms with Crippen LogP contribution in [0.4, 0.5) is 0 Å². The van der Waals surface area contributed by atoms with Gasteiger partial charge in [-0.2, -0.15) is 0 Å². The van der Waals surface area contributed by atoms with Gasteiger partial charge in [0.05, 0.1) is 6.10 Å². The van der Waals surface area contributed by atoms with Gasteiger partial charge in [0.25, 0.3) is 0 Å². The van der Waals surface area contributed by atoms with Gasteiger partial charge in [-0.3, -0.25) is 0 Å². The zero-order valence-electron chi connectivity index (χ0n) is 9.66. The Morgan fingerprint density at radius 2 is 1.33 bits per heavy atom. The molecule has 2 nitrogen and oxygen atoms in total. The van der Waals surface area contributed by atoms with Gasteiger partial charge in [0.2, 0.25) is 0 Å². The molecule has 1 unspecified atom stereocenters. The summed E-state index contributed by atoms with van der Waals surface area (Å²) in [6, 6.07) is 0. The Hall–Kier alpha value is -0.0800. The highest BCUT2D eigenvalue weighted by Crippen LogP contribution is 2.29. The van der Waals surface area contributed by atoms with Gasteiger partial charge in [0.15, 0.2) is 6.29 Å². The largest absolute Gasteiger partial charge is 0.368 e. The van der Waals surface area contributed by atoms with Crippen LogP contribution in [0.15, 0.2) is 0 Å². The fraction of sp³-hybridized carbons (Fsp3) is 1.00. The van der Waals surface area contributed by atoms with E-state index in [0.29, 0.717) is 12.0 Å². The van der Waals surface area contributed by atoms with Gasteiger partial charge in [-0.1, -0.05) is 38.5 Å². The standard InChI is InChI=1S/C13H24O2/c14-13(11-7-3-1-4-8-11)15-12-9-5-2-6-10-12/h11-14H,1-10H2. The third-order valence-corrected chi connectivity index (χ3v) is 3.94. The Kier molecular flexibility index (Phi) is 4.45.